The van der Waals surface area contributed by atoms with Crippen LogP contribution in [0.5, 0.6) is 0 Å². The lowest BCUT2D eigenvalue weighted by atomic mass is 10.0. The predicted octanol–water partition coefficient (Wildman–Crippen LogP) is 0.807. The number of rotatable bonds is 8. The Hall–Kier alpha value is -2.41. The molecule has 0 aliphatic heterocycles. The van der Waals surface area contributed by atoms with Crippen LogP contribution in [0.1, 0.15) is 38.8 Å². The zero-order valence-corrected chi connectivity index (χ0v) is 14.2. The number of nitrogens with one attached hydrogen (secondary N) is 2. The Balaban J connectivity index is 2.72. The highest BCUT2D eigenvalue weighted by Crippen LogP contribution is 2.12. The van der Waals surface area contributed by atoms with Crippen LogP contribution in [0.3, 0.4) is 0 Å². The first-order valence-corrected chi connectivity index (χ1v) is 7.85. The lowest BCUT2D eigenvalue weighted by molar-refractivity contribution is -0.139. The van der Waals surface area contributed by atoms with Crippen LogP contribution in [-0.4, -0.2) is 35.0 Å². The largest absolute Gasteiger partial charge is 0.481 e. The number of nitrogens with two attached hydrogens (primary N) is 1. The van der Waals surface area contributed by atoms with Crippen LogP contribution in [0.15, 0.2) is 30.3 Å². The monoisotopic (exact) mass is 335 g/mol. The molecule has 0 aliphatic carbocycles. The lowest BCUT2D eigenvalue weighted by Crippen LogP contribution is -2.54. The summed E-state index contributed by atoms with van der Waals surface area (Å²) < 4.78 is 0. The van der Waals surface area contributed by atoms with Crippen LogP contribution in [0, 0.1) is 5.92 Å². The van der Waals surface area contributed by atoms with Crippen LogP contribution < -0.4 is 16.4 Å². The van der Waals surface area contributed by atoms with Gasteiger partial charge < -0.3 is 21.5 Å². The normalized spacial score (nSPS) is 14.5. The number of carboxylic acid groups (broad SMARTS) is 1. The number of amides is 2. The maximum atomic E-state index is 12.5. The third-order valence-corrected chi connectivity index (χ3v) is 3.64. The van der Waals surface area contributed by atoms with Crippen molar-refractivity contribution in [1.82, 2.24) is 10.6 Å². The molecule has 0 heterocycles. The summed E-state index contributed by atoms with van der Waals surface area (Å²) >= 11 is 0. The molecule has 0 aliphatic rings. The number of benzene rings is 1. The van der Waals surface area contributed by atoms with Crippen molar-refractivity contribution in [3.8, 4) is 0 Å². The van der Waals surface area contributed by atoms with Crippen molar-refractivity contribution in [2.45, 2.75) is 45.3 Å². The number of hydrogen-bond donors (Lipinski definition) is 4. The molecule has 0 radical (unpaired) electrons. The van der Waals surface area contributed by atoms with Gasteiger partial charge in [0.1, 0.15) is 6.04 Å². The van der Waals surface area contributed by atoms with E-state index in [1.165, 1.54) is 0 Å². The Morgan fingerprint density at radius 3 is 2.12 bits per heavy atom. The maximum absolute atomic E-state index is 12.5. The van der Waals surface area contributed by atoms with Crippen LogP contribution in [0.4, 0.5) is 0 Å². The molecular formula is C17H25N3O4. The molecule has 1 aromatic rings. The molecule has 132 valence electrons. The fourth-order valence-electron chi connectivity index (χ4n) is 2.20. The van der Waals surface area contributed by atoms with Gasteiger partial charge in [0.25, 0.3) is 0 Å². The highest BCUT2D eigenvalue weighted by molar-refractivity contribution is 5.91. The first-order valence-electron chi connectivity index (χ1n) is 7.85. The standard InChI is InChI=1S/C17H25N3O4/c1-10(2)15(20-16(23)13(18)9-14(21)22)17(24)19-11(3)12-7-5-4-6-8-12/h4-8,10-11,13,15H,9,18H2,1-3H3,(H,19,24)(H,20,23)(H,21,22)/t11-,13-,15+/m0/s1. The Morgan fingerprint density at radius 1 is 1.04 bits per heavy atom. The number of carbonyl (C=O) groups is 3. The molecule has 0 unspecified atom stereocenters. The van der Waals surface area contributed by atoms with E-state index in [2.05, 4.69) is 10.6 Å². The van der Waals surface area contributed by atoms with Gasteiger partial charge in [-0.25, -0.2) is 0 Å². The van der Waals surface area contributed by atoms with Crippen LogP contribution in [0.25, 0.3) is 0 Å². The topological polar surface area (TPSA) is 122 Å². The second-order valence-electron chi connectivity index (χ2n) is 6.08. The van der Waals surface area contributed by atoms with Gasteiger partial charge in [0.05, 0.1) is 18.5 Å². The van der Waals surface area contributed by atoms with Gasteiger partial charge in [-0.1, -0.05) is 44.2 Å². The third-order valence-electron chi connectivity index (χ3n) is 3.64. The summed E-state index contributed by atoms with van der Waals surface area (Å²) in [5, 5.41) is 14.1. The quantitative estimate of drug-likeness (QED) is 0.560. The minimum atomic E-state index is -1.19. The summed E-state index contributed by atoms with van der Waals surface area (Å²) in [5.41, 5.74) is 6.48. The van der Waals surface area contributed by atoms with Gasteiger partial charge in [-0.05, 0) is 18.4 Å². The van der Waals surface area contributed by atoms with Crippen LogP contribution in [0.2, 0.25) is 0 Å². The zero-order chi connectivity index (χ0) is 18.3. The van der Waals surface area contributed by atoms with Crippen molar-refractivity contribution in [2.75, 3.05) is 0 Å². The Labute approximate surface area is 141 Å². The van der Waals surface area contributed by atoms with E-state index in [0.717, 1.165) is 5.56 Å². The molecule has 0 bridgehead atoms. The van der Waals surface area contributed by atoms with Gasteiger partial charge in [0.15, 0.2) is 0 Å². The van der Waals surface area contributed by atoms with Gasteiger partial charge in [0.2, 0.25) is 11.8 Å². The van der Waals surface area contributed by atoms with E-state index in [1.807, 2.05) is 37.3 Å². The first kappa shape index (κ1) is 19.6. The van der Waals surface area contributed by atoms with Gasteiger partial charge in [-0.3, -0.25) is 14.4 Å². The minimum Gasteiger partial charge on any atom is -0.481 e. The fourth-order valence-corrected chi connectivity index (χ4v) is 2.20. The first-order chi connectivity index (χ1) is 11.2. The molecule has 7 heteroatoms. The van der Waals surface area contributed by atoms with Crippen LogP contribution >= 0.6 is 0 Å². The molecular weight excluding hydrogens is 310 g/mol. The summed E-state index contributed by atoms with van der Waals surface area (Å²) in [6, 6.07) is 7.25. The zero-order valence-electron chi connectivity index (χ0n) is 14.2. The minimum absolute atomic E-state index is 0.172. The molecule has 0 spiro atoms. The molecule has 7 nitrogen and oxygen atoms in total. The Morgan fingerprint density at radius 2 is 1.62 bits per heavy atom. The van der Waals surface area contributed by atoms with E-state index in [1.54, 1.807) is 13.8 Å². The molecule has 3 atom stereocenters. The highest BCUT2D eigenvalue weighted by atomic mass is 16.4. The molecule has 0 aromatic heterocycles. The Bertz CT molecular complexity index is 574. The van der Waals surface area contributed by atoms with Crippen molar-refractivity contribution < 1.29 is 19.5 Å². The van der Waals surface area contributed by atoms with E-state index in [-0.39, 0.29) is 17.9 Å². The molecule has 0 fully saturated rings. The van der Waals surface area contributed by atoms with Gasteiger partial charge in [-0.15, -0.1) is 0 Å². The molecule has 24 heavy (non-hydrogen) atoms. The van der Waals surface area contributed by atoms with E-state index in [9.17, 15) is 14.4 Å². The van der Waals surface area contributed by atoms with Crippen molar-refractivity contribution in [2.24, 2.45) is 11.7 Å². The number of aliphatic carboxylic acids is 1. The van der Waals surface area contributed by atoms with E-state index in [4.69, 9.17) is 10.8 Å². The maximum Gasteiger partial charge on any atom is 0.305 e. The summed E-state index contributed by atoms with van der Waals surface area (Å²) in [4.78, 5) is 35.1. The van der Waals surface area contributed by atoms with Gasteiger partial charge in [-0.2, -0.15) is 0 Å². The molecule has 1 rings (SSSR count). The van der Waals surface area contributed by atoms with Crippen molar-refractivity contribution in [3.63, 3.8) is 0 Å². The van der Waals surface area contributed by atoms with Crippen molar-refractivity contribution >= 4 is 17.8 Å². The Kier molecular flexibility index (Phi) is 7.38. The van der Waals surface area contributed by atoms with E-state index in [0.29, 0.717) is 0 Å². The summed E-state index contributed by atoms with van der Waals surface area (Å²) in [6.45, 7) is 5.43. The fraction of sp³-hybridized carbons (Fsp3) is 0.471. The molecule has 0 saturated heterocycles. The summed E-state index contributed by atoms with van der Waals surface area (Å²) in [5.74, 6) is -2.33. The van der Waals surface area contributed by atoms with Gasteiger partial charge >= 0.3 is 5.97 Å². The average molecular weight is 335 g/mol. The third kappa shape index (κ3) is 6.00. The summed E-state index contributed by atoms with van der Waals surface area (Å²) in [7, 11) is 0. The lowest BCUT2D eigenvalue weighted by Gasteiger charge is -2.25. The second kappa shape index (κ2) is 9.02. The highest BCUT2D eigenvalue weighted by Gasteiger charge is 2.28. The van der Waals surface area contributed by atoms with E-state index < -0.39 is 30.4 Å². The number of carboxylic acids is 1. The number of carbonyl (C=O) groups excluding carboxylic acids is 2. The smallest absolute Gasteiger partial charge is 0.305 e. The van der Waals surface area contributed by atoms with Crippen molar-refractivity contribution in [3.05, 3.63) is 35.9 Å². The summed E-state index contributed by atoms with van der Waals surface area (Å²) in [6.07, 6.45) is -0.487. The number of hydrogen-bond acceptors (Lipinski definition) is 4. The molecule has 1 aromatic carbocycles. The SMILES string of the molecule is CC(C)[C@@H](NC(=O)[C@@H](N)CC(=O)O)C(=O)N[C@@H](C)c1ccccc1. The molecule has 5 N–H and O–H groups in total. The molecule has 2 amide bonds. The molecule has 0 saturated carbocycles. The van der Waals surface area contributed by atoms with E-state index >= 15 is 0 Å². The van der Waals surface area contributed by atoms with Crippen LogP contribution in [-0.2, 0) is 14.4 Å². The van der Waals surface area contributed by atoms with Crippen molar-refractivity contribution in [1.29, 1.82) is 0 Å². The average Bonchev–Trinajstić information content (AvgIpc) is 2.51. The second-order valence-corrected chi connectivity index (χ2v) is 6.08. The van der Waals surface area contributed by atoms with Gasteiger partial charge in [0, 0.05) is 0 Å². The predicted molar refractivity (Wildman–Crippen MR) is 90.0 cm³/mol.